The van der Waals surface area contributed by atoms with Crippen LogP contribution in [0.15, 0.2) is 22.7 Å². The first-order chi connectivity index (χ1) is 8.74. The lowest BCUT2D eigenvalue weighted by Gasteiger charge is -2.31. The lowest BCUT2D eigenvalue weighted by Crippen LogP contribution is -2.30. The summed E-state index contributed by atoms with van der Waals surface area (Å²) in [5.74, 6) is 1.50. The molecule has 100 valence electrons. The van der Waals surface area contributed by atoms with Gasteiger partial charge >= 0.3 is 0 Å². The van der Waals surface area contributed by atoms with E-state index < -0.39 is 0 Å². The highest BCUT2D eigenvalue weighted by Crippen LogP contribution is 2.32. The van der Waals surface area contributed by atoms with Crippen molar-refractivity contribution < 1.29 is 9.84 Å². The molecule has 0 aromatic heterocycles. The smallest absolute Gasteiger partial charge is 0.125 e. The molecule has 0 aliphatic heterocycles. The normalized spacial score (nSPS) is 23.9. The van der Waals surface area contributed by atoms with Crippen LogP contribution in [0, 0.1) is 5.92 Å². The zero-order valence-corrected chi connectivity index (χ0v) is 12.4. The minimum atomic E-state index is 0.0261. The third-order valence-corrected chi connectivity index (χ3v) is 4.33. The van der Waals surface area contributed by atoms with Gasteiger partial charge in [-0.15, -0.1) is 0 Å². The Morgan fingerprint density at radius 1 is 1.33 bits per heavy atom. The van der Waals surface area contributed by atoms with Crippen molar-refractivity contribution >= 4 is 15.9 Å². The van der Waals surface area contributed by atoms with Crippen LogP contribution in [0.25, 0.3) is 0 Å². The van der Waals surface area contributed by atoms with Crippen LogP contribution in [0.1, 0.15) is 44.6 Å². The van der Waals surface area contributed by atoms with Crippen LogP contribution in [0.5, 0.6) is 5.75 Å². The molecule has 0 spiro atoms. The largest absolute Gasteiger partial charge is 0.490 e. The molecule has 3 heteroatoms. The highest BCUT2D eigenvalue weighted by Gasteiger charge is 2.25. The Morgan fingerprint density at radius 3 is 2.83 bits per heavy atom. The van der Waals surface area contributed by atoms with E-state index in [0.29, 0.717) is 12.0 Å². The van der Waals surface area contributed by atoms with Crippen LogP contribution in [-0.2, 0) is 6.61 Å². The maximum absolute atomic E-state index is 9.39. The summed E-state index contributed by atoms with van der Waals surface area (Å²) in [6.45, 7) is 2.26. The molecule has 0 radical (unpaired) electrons. The van der Waals surface area contributed by atoms with Crippen molar-refractivity contribution in [3.05, 3.63) is 28.2 Å². The lowest BCUT2D eigenvalue weighted by atomic mass is 9.84. The number of halogens is 1. The summed E-state index contributed by atoms with van der Waals surface area (Å²) in [4.78, 5) is 0. The van der Waals surface area contributed by atoms with Gasteiger partial charge in [-0.3, -0.25) is 0 Å². The fourth-order valence-corrected chi connectivity index (χ4v) is 3.15. The van der Waals surface area contributed by atoms with Crippen molar-refractivity contribution in [3.8, 4) is 5.75 Å². The second kappa shape index (κ2) is 6.58. The van der Waals surface area contributed by atoms with E-state index in [1.165, 1.54) is 25.7 Å². The standard InChI is InChI=1S/C15H21BrO2/c1-2-11-5-3-4-6-14(11)18-15-8-7-13(16)9-12(15)10-17/h7-9,11,14,17H,2-6,10H2,1H3. The summed E-state index contributed by atoms with van der Waals surface area (Å²) >= 11 is 3.42. The number of aliphatic hydroxyl groups excluding tert-OH is 1. The number of hydrogen-bond acceptors (Lipinski definition) is 2. The molecule has 1 N–H and O–H groups in total. The van der Waals surface area contributed by atoms with E-state index in [0.717, 1.165) is 22.2 Å². The van der Waals surface area contributed by atoms with E-state index in [-0.39, 0.29) is 6.61 Å². The topological polar surface area (TPSA) is 29.5 Å². The highest BCUT2D eigenvalue weighted by molar-refractivity contribution is 9.10. The van der Waals surface area contributed by atoms with Crippen LogP contribution >= 0.6 is 15.9 Å². The first-order valence-electron chi connectivity index (χ1n) is 6.80. The van der Waals surface area contributed by atoms with Gasteiger partial charge in [-0.25, -0.2) is 0 Å². The molecule has 1 aliphatic rings. The van der Waals surface area contributed by atoms with E-state index in [1.807, 2.05) is 18.2 Å². The molecular formula is C15H21BrO2. The van der Waals surface area contributed by atoms with Gasteiger partial charge in [-0.1, -0.05) is 29.3 Å². The monoisotopic (exact) mass is 312 g/mol. The summed E-state index contributed by atoms with van der Waals surface area (Å²) in [5.41, 5.74) is 0.866. The molecule has 0 bridgehead atoms. The van der Waals surface area contributed by atoms with Crippen molar-refractivity contribution in [2.24, 2.45) is 5.92 Å². The summed E-state index contributed by atoms with van der Waals surface area (Å²) in [6, 6.07) is 5.86. The van der Waals surface area contributed by atoms with Crippen molar-refractivity contribution in [1.29, 1.82) is 0 Å². The van der Waals surface area contributed by atoms with Gasteiger partial charge in [0.1, 0.15) is 11.9 Å². The molecule has 1 fully saturated rings. The average molecular weight is 313 g/mol. The third kappa shape index (κ3) is 3.27. The van der Waals surface area contributed by atoms with Gasteiger partial charge in [0.25, 0.3) is 0 Å². The number of ether oxygens (including phenoxy) is 1. The molecule has 2 rings (SSSR count). The van der Waals surface area contributed by atoms with Gasteiger partial charge in [0.05, 0.1) is 6.61 Å². The Labute approximate surface area is 117 Å². The van der Waals surface area contributed by atoms with Crippen LogP contribution in [0.3, 0.4) is 0 Å². The summed E-state index contributed by atoms with van der Waals surface area (Å²) < 4.78 is 7.14. The first kappa shape index (κ1) is 13.9. The van der Waals surface area contributed by atoms with E-state index >= 15 is 0 Å². The Kier molecular flexibility index (Phi) is 5.07. The van der Waals surface area contributed by atoms with Gasteiger partial charge in [0.15, 0.2) is 0 Å². The Balaban J connectivity index is 2.12. The highest BCUT2D eigenvalue weighted by atomic mass is 79.9. The minimum absolute atomic E-state index is 0.0261. The van der Waals surface area contributed by atoms with E-state index in [2.05, 4.69) is 22.9 Å². The zero-order valence-electron chi connectivity index (χ0n) is 10.9. The maximum Gasteiger partial charge on any atom is 0.125 e. The molecule has 2 atom stereocenters. The zero-order chi connectivity index (χ0) is 13.0. The van der Waals surface area contributed by atoms with Gasteiger partial charge in [-0.2, -0.15) is 0 Å². The Morgan fingerprint density at radius 2 is 2.11 bits per heavy atom. The van der Waals surface area contributed by atoms with Gasteiger partial charge < -0.3 is 9.84 Å². The molecule has 1 aliphatic carbocycles. The number of aliphatic hydroxyl groups is 1. The molecule has 1 saturated carbocycles. The predicted molar refractivity (Wildman–Crippen MR) is 76.7 cm³/mol. The molecule has 0 amide bonds. The summed E-state index contributed by atoms with van der Waals surface area (Å²) in [6.07, 6.45) is 6.48. The van der Waals surface area contributed by atoms with Crippen molar-refractivity contribution in [1.82, 2.24) is 0 Å². The van der Waals surface area contributed by atoms with Crippen molar-refractivity contribution in [2.75, 3.05) is 0 Å². The number of rotatable bonds is 4. The number of benzene rings is 1. The molecule has 1 aromatic rings. The molecule has 1 aromatic carbocycles. The second-order valence-corrected chi connectivity index (χ2v) is 5.93. The molecule has 0 saturated heterocycles. The van der Waals surface area contributed by atoms with E-state index in [4.69, 9.17) is 4.74 Å². The Bertz CT molecular complexity index is 392. The quantitative estimate of drug-likeness (QED) is 0.898. The number of hydrogen-bond donors (Lipinski definition) is 1. The van der Waals surface area contributed by atoms with Crippen LogP contribution in [-0.4, -0.2) is 11.2 Å². The van der Waals surface area contributed by atoms with Crippen LogP contribution in [0.2, 0.25) is 0 Å². The van der Waals surface area contributed by atoms with E-state index in [1.54, 1.807) is 0 Å². The summed E-state index contributed by atoms with van der Waals surface area (Å²) in [5, 5.41) is 9.39. The molecule has 2 unspecified atom stereocenters. The van der Waals surface area contributed by atoms with Gasteiger partial charge in [0.2, 0.25) is 0 Å². The fraction of sp³-hybridized carbons (Fsp3) is 0.600. The fourth-order valence-electron chi connectivity index (χ4n) is 2.75. The first-order valence-corrected chi connectivity index (χ1v) is 7.59. The van der Waals surface area contributed by atoms with Crippen LogP contribution < -0.4 is 4.74 Å². The maximum atomic E-state index is 9.39. The van der Waals surface area contributed by atoms with Gasteiger partial charge in [0, 0.05) is 10.0 Å². The Hall–Kier alpha value is -0.540. The second-order valence-electron chi connectivity index (χ2n) is 5.02. The average Bonchev–Trinajstić information content (AvgIpc) is 2.41. The SMILES string of the molecule is CCC1CCCCC1Oc1ccc(Br)cc1CO. The predicted octanol–water partition coefficient (Wildman–Crippen LogP) is 4.29. The van der Waals surface area contributed by atoms with Crippen LogP contribution in [0.4, 0.5) is 0 Å². The molecule has 0 heterocycles. The molecule has 2 nitrogen and oxygen atoms in total. The van der Waals surface area contributed by atoms with Crippen molar-refractivity contribution in [3.63, 3.8) is 0 Å². The molecule has 18 heavy (non-hydrogen) atoms. The lowest BCUT2D eigenvalue weighted by molar-refractivity contribution is 0.0878. The van der Waals surface area contributed by atoms with Gasteiger partial charge in [-0.05, 0) is 49.8 Å². The van der Waals surface area contributed by atoms with E-state index in [9.17, 15) is 5.11 Å². The summed E-state index contributed by atoms with van der Waals surface area (Å²) in [7, 11) is 0. The van der Waals surface area contributed by atoms with Crippen molar-refractivity contribution in [2.45, 2.75) is 51.7 Å². The third-order valence-electron chi connectivity index (χ3n) is 3.83. The minimum Gasteiger partial charge on any atom is -0.490 e. The molecular weight excluding hydrogens is 292 g/mol.